The van der Waals surface area contributed by atoms with Gasteiger partial charge in [0, 0.05) is 12.2 Å². The van der Waals surface area contributed by atoms with Crippen LogP contribution in [0.1, 0.15) is 13.3 Å². The molecule has 5 heteroatoms. The summed E-state index contributed by atoms with van der Waals surface area (Å²) in [7, 11) is 0. The molecule has 0 unspecified atom stereocenters. The van der Waals surface area contributed by atoms with Crippen molar-refractivity contribution < 1.29 is 4.79 Å². The molecule has 0 spiro atoms. The lowest BCUT2D eigenvalue weighted by atomic mass is 10.2. The van der Waals surface area contributed by atoms with Crippen molar-refractivity contribution in [3.05, 3.63) is 28.2 Å². The maximum absolute atomic E-state index is 12.1. The summed E-state index contributed by atoms with van der Waals surface area (Å²) in [5, 5.41) is 4.15. The summed E-state index contributed by atoms with van der Waals surface area (Å²) in [6.45, 7) is 3.43. The van der Waals surface area contributed by atoms with Gasteiger partial charge in [-0.05, 0) is 38.1 Å². The second kappa shape index (κ2) is 5.25. The number of rotatable bonds is 1. The summed E-state index contributed by atoms with van der Waals surface area (Å²) in [5.74, 6) is 0.0703. The molecule has 1 N–H and O–H groups in total. The van der Waals surface area contributed by atoms with E-state index in [-0.39, 0.29) is 11.9 Å². The standard InChI is InChI=1S/C12H14Cl2N2O/c1-8-12(17)16(6-2-5-15-8)9-3-4-10(13)11(14)7-9/h3-4,7-8,15H,2,5-6H2,1H3/t8-/m1/s1. The van der Waals surface area contributed by atoms with Gasteiger partial charge in [0.1, 0.15) is 0 Å². The molecule has 0 aliphatic carbocycles. The van der Waals surface area contributed by atoms with Crippen LogP contribution >= 0.6 is 23.2 Å². The molecule has 1 aliphatic heterocycles. The fraction of sp³-hybridized carbons (Fsp3) is 0.417. The van der Waals surface area contributed by atoms with Crippen LogP contribution in [0.5, 0.6) is 0 Å². The molecule has 1 saturated heterocycles. The molecule has 1 aromatic carbocycles. The second-order valence-corrected chi connectivity index (χ2v) is 4.93. The van der Waals surface area contributed by atoms with Crippen LogP contribution in [0.4, 0.5) is 5.69 Å². The lowest BCUT2D eigenvalue weighted by Crippen LogP contribution is -2.41. The zero-order valence-electron chi connectivity index (χ0n) is 9.54. The number of amides is 1. The molecule has 1 heterocycles. The molecule has 3 nitrogen and oxygen atoms in total. The van der Waals surface area contributed by atoms with Crippen LogP contribution in [-0.4, -0.2) is 25.0 Å². The second-order valence-electron chi connectivity index (χ2n) is 4.12. The average molecular weight is 273 g/mol. The summed E-state index contributed by atoms with van der Waals surface area (Å²) >= 11 is 11.8. The third-order valence-electron chi connectivity index (χ3n) is 2.86. The quantitative estimate of drug-likeness (QED) is 0.853. The Balaban J connectivity index is 2.30. The zero-order valence-corrected chi connectivity index (χ0v) is 11.1. The van der Waals surface area contributed by atoms with E-state index in [2.05, 4.69) is 5.32 Å². The van der Waals surface area contributed by atoms with E-state index in [1.54, 1.807) is 17.0 Å². The first-order valence-corrected chi connectivity index (χ1v) is 6.35. The number of carbonyl (C=O) groups excluding carboxylic acids is 1. The van der Waals surface area contributed by atoms with Crippen LogP contribution in [0.25, 0.3) is 0 Å². The Labute approximate surface area is 111 Å². The number of nitrogens with zero attached hydrogens (tertiary/aromatic N) is 1. The minimum atomic E-state index is -0.160. The Bertz CT molecular complexity index is 437. The van der Waals surface area contributed by atoms with Crippen LogP contribution < -0.4 is 10.2 Å². The zero-order chi connectivity index (χ0) is 12.4. The molecule has 1 atom stereocenters. The third kappa shape index (κ3) is 2.73. The van der Waals surface area contributed by atoms with E-state index >= 15 is 0 Å². The molecule has 0 saturated carbocycles. The van der Waals surface area contributed by atoms with Crippen LogP contribution in [0.15, 0.2) is 18.2 Å². The molecule has 1 aromatic rings. The predicted octanol–water partition coefficient (Wildman–Crippen LogP) is 2.71. The first-order chi connectivity index (χ1) is 8.09. The van der Waals surface area contributed by atoms with Crippen molar-refractivity contribution in [2.75, 3.05) is 18.0 Å². The largest absolute Gasteiger partial charge is 0.311 e. The highest BCUT2D eigenvalue weighted by molar-refractivity contribution is 6.42. The third-order valence-corrected chi connectivity index (χ3v) is 3.60. The fourth-order valence-electron chi connectivity index (χ4n) is 1.90. The van der Waals surface area contributed by atoms with Crippen LogP contribution in [-0.2, 0) is 4.79 Å². The van der Waals surface area contributed by atoms with Gasteiger partial charge in [0.2, 0.25) is 5.91 Å². The summed E-state index contributed by atoms with van der Waals surface area (Å²) in [6, 6.07) is 5.12. The lowest BCUT2D eigenvalue weighted by molar-refractivity contribution is -0.119. The van der Waals surface area contributed by atoms with Crippen molar-refractivity contribution in [3.8, 4) is 0 Å². The van der Waals surface area contributed by atoms with E-state index in [1.165, 1.54) is 0 Å². The van der Waals surface area contributed by atoms with Gasteiger partial charge in [-0.25, -0.2) is 0 Å². The number of halogens is 2. The van der Waals surface area contributed by atoms with E-state index in [0.717, 1.165) is 18.7 Å². The van der Waals surface area contributed by atoms with Gasteiger partial charge in [0.25, 0.3) is 0 Å². The number of nitrogens with one attached hydrogen (secondary N) is 1. The number of anilines is 1. The van der Waals surface area contributed by atoms with Crippen molar-refractivity contribution in [1.82, 2.24) is 5.32 Å². The monoisotopic (exact) mass is 272 g/mol. The molecule has 0 bridgehead atoms. The summed E-state index contributed by atoms with van der Waals surface area (Å²) in [6.07, 6.45) is 0.927. The van der Waals surface area contributed by atoms with Gasteiger partial charge in [0.15, 0.2) is 0 Å². The van der Waals surface area contributed by atoms with E-state index in [4.69, 9.17) is 23.2 Å². The Morgan fingerprint density at radius 3 is 2.82 bits per heavy atom. The molecule has 1 aliphatic rings. The maximum Gasteiger partial charge on any atom is 0.243 e. The topological polar surface area (TPSA) is 32.3 Å². The lowest BCUT2D eigenvalue weighted by Gasteiger charge is -2.23. The van der Waals surface area contributed by atoms with Crippen LogP contribution in [0.2, 0.25) is 10.0 Å². The van der Waals surface area contributed by atoms with Gasteiger partial charge in [-0.1, -0.05) is 23.2 Å². The van der Waals surface area contributed by atoms with Crippen molar-refractivity contribution in [3.63, 3.8) is 0 Å². The van der Waals surface area contributed by atoms with Gasteiger partial charge in [-0.2, -0.15) is 0 Å². The highest BCUT2D eigenvalue weighted by atomic mass is 35.5. The maximum atomic E-state index is 12.1. The van der Waals surface area contributed by atoms with Gasteiger partial charge >= 0.3 is 0 Å². The minimum absolute atomic E-state index is 0.0703. The smallest absolute Gasteiger partial charge is 0.243 e. The van der Waals surface area contributed by atoms with Crippen LogP contribution in [0.3, 0.4) is 0 Å². The number of benzene rings is 1. The molecule has 1 fully saturated rings. The first kappa shape index (κ1) is 12.7. The van der Waals surface area contributed by atoms with Crippen molar-refractivity contribution in [2.24, 2.45) is 0 Å². The molecule has 92 valence electrons. The number of carbonyl (C=O) groups is 1. The van der Waals surface area contributed by atoms with E-state index in [0.29, 0.717) is 16.6 Å². The summed E-state index contributed by atoms with van der Waals surface area (Å²) in [4.78, 5) is 13.9. The number of hydrogen-bond donors (Lipinski definition) is 1. The summed E-state index contributed by atoms with van der Waals surface area (Å²) < 4.78 is 0. The summed E-state index contributed by atoms with van der Waals surface area (Å²) in [5.41, 5.74) is 0.806. The Morgan fingerprint density at radius 2 is 2.12 bits per heavy atom. The molecule has 2 rings (SSSR count). The van der Waals surface area contributed by atoms with E-state index in [1.807, 2.05) is 13.0 Å². The molecular formula is C12H14Cl2N2O. The minimum Gasteiger partial charge on any atom is -0.311 e. The predicted molar refractivity (Wildman–Crippen MR) is 70.9 cm³/mol. The molecule has 0 radical (unpaired) electrons. The van der Waals surface area contributed by atoms with Crippen molar-refractivity contribution in [2.45, 2.75) is 19.4 Å². The Hall–Kier alpha value is -0.770. The normalized spacial score (nSPS) is 21.5. The first-order valence-electron chi connectivity index (χ1n) is 5.59. The molecule has 1 amide bonds. The van der Waals surface area contributed by atoms with Gasteiger partial charge in [-0.3, -0.25) is 4.79 Å². The Kier molecular flexibility index (Phi) is 3.92. The Morgan fingerprint density at radius 1 is 1.35 bits per heavy atom. The van der Waals surface area contributed by atoms with Crippen molar-refractivity contribution in [1.29, 1.82) is 0 Å². The highest BCUT2D eigenvalue weighted by Gasteiger charge is 2.24. The fourth-order valence-corrected chi connectivity index (χ4v) is 2.19. The SMILES string of the molecule is C[C@H]1NCCCN(c2ccc(Cl)c(Cl)c2)C1=O. The van der Waals surface area contributed by atoms with Crippen LogP contribution in [0, 0.1) is 0 Å². The van der Waals surface area contributed by atoms with Gasteiger partial charge < -0.3 is 10.2 Å². The van der Waals surface area contributed by atoms with Gasteiger partial charge in [-0.15, -0.1) is 0 Å². The average Bonchev–Trinajstić information content (AvgIpc) is 2.47. The highest BCUT2D eigenvalue weighted by Crippen LogP contribution is 2.28. The van der Waals surface area contributed by atoms with Gasteiger partial charge in [0.05, 0.1) is 16.1 Å². The number of hydrogen-bond acceptors (Lipinski definition) is 2. The van der Waals surface area contributed by atoms with Crippen molar-refractivity contribution >= 4 is 34.8 Å². The molecule has 0 aromatic heterocycles. The molecular weight excluding hydrogens is 259 g/mol. The van der Waals surface area contributed by atoms with E-state index < -0.39 is 0 Å². The van der Waals surface area contributed by atoms with E-state index in [9.17, 15) is 4.79 Å². The molecule has 17 heavy (non-hydrogen) atoms.